The Morgan fingerprint density at radius 3 is 2.29 bits per heavy atom. The van der Waals surface area contributed by atoms with Crippen LogP contribution in [0.3, 0.4) is 0 Å². The molecule has 0 aliphatic carbocycles. The summed E-state index contributed by atoms with van der Waals surface area (Å²) < 4.78 is 1.88. The first-order chi connectivity index (χ1) is 6.32. The van der Waals surface area contributed by atoms with E-state index >= 15 is 0 Å². The van der Waals surface area contributed by atoms with Crippen molar-refractivity contribution in [1.29, 1.82) is 0 Å². The van der Waals surface area contributed by atoms with Crippen molar-refractivity contribution in [1.82, 2.24) is 0 Å². The highest BCUT2D eigenvalue weighted by atomic mass is 79.9. The zero-order chi connectivity index (χ0) is 10.9. The summed E-state index contributed by atoms with van der Waals surface area (Å²) in [5, 5.41) is 9.91. The third kappa shape index (κ3) is 2.79. The maximum atomic E-state index is 9.91. The molecule has 4 heteroatoms. The maximum absolute atomic E-state index is 9.91. The lowest BCUT2D eigenvalue weighted by Crippen LogP contribution is -2.39. The number of nitrogens with two attached hydrogens (primary N) is 1. The highest BCUT2D eigenvalue weighted by Crippen LogP contribution is 2.29. The van der Waals surface area contributed by atoms with Gasteiger partial charge in [0, 0.05) is 14.5 Å². The molecule has 0 fully saturated rings. The van der Waals surface area contributed by atoms with E-state index in [4.69, 9.17) is 5.73 Å². The summed E-state index contributed by atoms with van der Waals surface area (Å²) in [5.41, 5.74) is 6.00. The molecule has 0 spiro atoms. The first-order valence-electron chi connectivity index (χ1n) is 4.24. The molecule has 0 heterocycles. The lowest BCUT2D eigenvalue weighted by atomic mass is 9.93. The molecular weight excluding hydrogens is 310 g/mol. The highest BCUT2D eigenvalue weighted by Gasteiger charge is 2.24. The molecular formula is C10H13Br2NO. The standard InChI is InChI=1S/C10H13Br2NO/c1-10(2,13)9(14)6-3-4-7(11)8(12)5-6/h3-5,9,14H,13H2,1-2H3. The molecule has 1 unspecified atom stereocenters. The summed E-state index contributed by atoms with van der Waals surface area (Å²) in [5.74, 6) is 0. The van der Waals surface area contributed by atoms with Gasteiger partial charge >= 0.3 is 0 Å². The van der Waals surface area contributed by atoms with Crippen molar-refractivity contribution in [3.63, 3.8) is 0 Å². The predicted octanol–water partition coefficient (Wildman–Crippen LogP) is 2.98. The fourth-order valence-corrected chi connectivity index (χ4v) is 1.76. The molecule has 1 atom stereocenters. The Labute approximate surface area is 101 Å². The molecule has 0 amide bonds. The Morgan fingerprint density at radius 2 is 1.86 bits per heavy atom. The van der Waals surface area contributed by atoms with E-state index in [2.05, 4.69) is 31.9 Å². The molecule has 3 N–H and O–H groups in total. The number of benzene rings is 1. The molecule has 0 saturated carbocycles. The fraction of sp³-hybridized carbons (Fsp3) is 0.400. The molecule has 2 nitrogen and oxygen atoms in total. The molecule has 0 bridgehead atoms. The number of halogens is 2. The van der Waals surface area contributed by atoms with Gasteiger partial charge in [-0.15, -0.1) is 0 Å². The van der Waals surface area contributed by atoms with Gasteiger partial charge in [-0.25, -0.2) is 0 Å². The van der Waals surface area contributed by atoms with Crippen LogP contribution < -0.4 is 5.73 Å². The van der Waals surface area contributed by atoms with E-state index in [1.807, 2.05) is 18.2 Å². The fourth-order valence-electron chi connectivity index (χ4n) is 1.11. The molecule has 78 valence electrons. The summed E-state index contributed by atoms with van der Waals surface area (Å²) in [6, 6.07) is 5.60. The normalized spacial score (nSPS) is 14.1. The van der Waals surface area contributed by atoms with Crippen molar-refractivity contribution >= 4 is 31.9 Å². The first kappa shape index (κ1) is 12.2. The largest absolute Gasteiger partial charge is 0.387 e. The summed E-state index contributed by atoms with van der Waals surface area (Å²) in [4.78, 5) is 0. The maximum Gasteiger partial charge on any atom is 0.0964 e. The molecule has 1 rings (SSSR count). The second kappa shape index (κ2) is 4.31. The molecule has 0 aliphatic rings. The van der Waals surface area contributed by atoms with Gasteiger partial charge in [0.15, 0.2) is 0 Å². The molecule has 0 saturated heterocycles. The number of aliphatic hydroxyl groups excluding tert-OH is 1. The van der Waals surface area contributed by atoms with Crippen molar-refractivity contribution in [3.8, 4) is 0 Å². The summed E-state index contributed by atoms with van der Waals surface area (Å²) in [6.45, 7) is 3.60. The monoisotopic (exact) mass is 321 g/mol. The van der Waals surface area contributed by atoms with Gasteiger partial charge in [-0.3, -0.25) is 0 Å². The number of hydrogen-bond acceptors (Lipinski definition) is 2. The van der Waals surface area contributed by atoms with Gasteiger partial charge in [-0.1, -0.05) is 6.07 Å². The molecule has 1 aromatic carbocycles. The third-order valence-corrected chi connectivity index (χ3v) is 3.84. The molecule has 1 aromatic rings. The van der Waals surface area contributed by atoms with Crippen LogP contribution >= 0.6 is 31.9 Å². The van der Waals surface area contributed by atoms with Gasteiger partial charge in [-0.05, 0) is 63.4 Å². The van der Waals surface area contributed by atoms with Gasteiger partial charge in [0.05, 0.1) is 6.10 Å². The smallest absolute Gasteiger partial charge is 0.0964 e. The zero-order valence-electron chi connectivity index (χ0n) is 8.09. The summed E-state index contributed by atoms with van der Waals surface area (Å²) >= 11 is 6.75. The lowest BCUT2D eigenvalue weighted by Gasteiger charge is -2.26. The van der Waals surface area contributed by atoms with Crippen LogP contribution in [0, 0.1) is 0 Å². The van der Waals surface area contributed by atoms with Crippen LogP contribution in [-0.4, -0.2) is 10.6 Å². The molecule has 14 heavy (non-hydrogen) atoms. The van der Waals surface area contributed by atoms with Crippen molar-refractivity contribution in [2.45, 2.75) is 25.5 Å². The van der Waals surface area contributed by atoms with E-state index in [1.54, 1.807) is 13.8 Å². The Morgan fingerprint density at radius 1 is 1.29 bits per heavy atom. The van der Waals surface area contributed by atoms with E-state index in [-0.39, 0.29) is 0 Å². The van der Waals surface area contributed by atoms with E-state index in [1.165, 1.54) is 0 Å². The minimum atomic E-state index is -0.660. The van der Waals surface area contributed by atoms with E-state index in [0.29, 0.717) is 0 Å². The quantitative estimate of drug-likeness (QED) is 0.879. The number of hydrogen-bond donors (Lipinski definition) is 2. The Bertz CT molecular complexity index is 333. The van der Waals surface area contributed by atoms with Crippen molar-refractivity contribution in [2.24, 2.45) is 5.73 Å². The minimum Gasteiger partial charge on any atom is -0.387 e. The minimum absolute atomic E-state index is 0.632. The Hall–Kier alpha value is 0.1000. The second-order valence-corrected chi connectivity index (χ2v) is 5.61. The van der Waals surface area contributed by atoms with Crippen LogP contribution in [0.1, 0.15) is 25.5 Å². The second-order valence-electron chi connectivity index (χ2n) is 3.90. The van der Waals surface area contributed by atoms with E-state index in [9.17, 15) is 5.11 Å². The van der Waals surface area contributed by atoms with Crippen LogP contribution in [0.4, 0.5) is 0 Å². The van der Waals surface area contributed by atoms with Gasteiger partial charge in [0.25, 0.3) is 0 Å². The summed E-state index contributed by atoms with van der Waals surface area (Å²) in [7, 11) is 0. The van der Waals surface area contributed by atoms with Crippen molar-refractivity contribution < 1.29 is 5.11 Å². The highest BCUT2D eigenvalue weighted by molar-refractivity contribution is 9.13. The van der Waals surface area contributed by atoms with Gasteiger partial charge < -0.3 is 10.8 Å². The lowest BCUT2D eigenvalue weighted by molar-refractivity contribution is 0.104. The van der Waals surface area contributed by atoms with Crippen LogP contribution in [0.15, 0.2) is 27.1 Å². The van der Waals surface area contributed by atoms with Crippen molar-refractivity contribution in [2.75, 3.05) is 0 Å². The van der Waals surface area contributed by atoms with Gasteiger partial charge in [0.1, 0.15) is 0 Å². The SMILES string of the molecule is CC(C)(N)C(O)c1ccc(Br)c(Br)c1. The van der Waals surface area contributed by atoms with Crippen LogP contribution in [0.2, 0.25) is 0 Å². The van der Waals surface area contributed by atoms with Crippen LogP contribution in [0.5, 0.6) is 0 Å². The van der Waals surface area contributed by atoms with E-state index < -0.39 is 11.6 Å². The van der Waals surface area contributed by atoms with Crippen LogP contribution in [0.25, 0.3) is 0 Å². The van der Waals surface area contributed by atoms with E-state index in [0.717, 1.165) is 14.5 Å². The molecule has 0 aliphatic heterocycles. The average Bonchev–Trinajstić information content (AvgIpc) is 2.07. The molecule has 0 radical (unpaired) electrons. The van der Waals surface area contributed by atoms with Crippen LogP contribution in [-0.2, 0) is 0 Å². The zero-order valence-corrected chi connectivity index (χ0v) is 11.3. The van der Waals surface area contributed by atoms with Gasteiger partial charge in [0.2, 0.25) is 0 Å². The first-order valence-corrected chi connectivity index (χ1v) is 5.83. The molecule has 0 aromatic heterocycles. The average molecular weight is 323 g/mol. The predicted molar refractivity (Wildman–Crippen MR) is 65.1 cm³/mol. The third-order valence-electron chi connectivity index (χ3n) is 1.96. The Balaban J connectivity index is 3.03. The Kier molecular flexibility index (Phi) is 3.75. The number of rotatable bonds is 2. The van der Waals surface area contributed by atoms with Gasteiger partial charge in [-0.2, -0.15) is 0 Å². The topological polar surface area (TPSA) is 46.2 Å². The number of aliphatic hydroxyl groups is 1. The summed E-state index contributed by atoms with van der Waals surface area (Å²) in [6.07, 6.45) is -0.660. The van der Waals surface area contributed by atoms with Crippen molar-refractivity contribution in [3.05, 3.63) is 32.7 Å².